The number of rotatable bonds is 3. The molecule has 3 heteroatoms. The quantitative estimate of drug-likeness (QED) is 0.244. The second kappa shape index (κ2) is 8.21. The molecule has 0 saturated carbocycles. The van der Waals surface area contributed by atoms with Crippen molar-refractivity contribution in [3.05, 3.63) is 114 Å². The molecular formula is C32H25FNO+. The Bertz CT molecular complexity index is 1710. The number of fused-ring (bicyclic) bond motifs is 3. The molecule has 0 N–H and O–H groups in total. The lowest BCUT2D eigenvalue weighted by Gasteiger charge is -2.09. The first-order chi connectivity index (χ1) is 17.0. The second-order valence-electron chi connectivity index (χ2n) is 9.14. The SMILES string of the molecule is Cc1cc2c(oc3c(-c4cccc[n+]4C)c(C)ccc32)c(-c2ccc(-c3ccccc3)cc2)c1F. The zero-order valence-electron chi connectivity index (χ0n) is 20.0. The molecule has 0 saturated heterocycles. The molecule has 0 atom stereocenters. The summed E-state index contributed by atoms with van der Waals surface area (Å²) in [5, 5.41) is 1.93. The van der Waals surface area contributed by atoms with Crippen LogP contribution in [0.2, 0.25) is 0 Å². The van der Waals surface area contributed by atoms with Crippen molar-refractivity contribution >= 4 is 21.9 Å². The van der Waals surface area contributed by atoms with Crippen LogP contribution in [0.15, 0.2) is 102 Å². The van der Waals surface area contributed by atoms with Gasteiger partial charge in [-0.15, -0.1) is 0 Å². The minimum Gasteiger partial charge on any atom is -0.454 e. The summed E-state index contributed by atoms with van der Waals surface area (Å²) in [6, 6.07) is 30.5. The van der Waals surface area contributed by atoms with Crippen LogP contribution < -0.4 is 4.57 Å². The van der Waals surface area contributed by atoms with Crippen LogP contribution in [-0.2, 0) is 7.05 Å². The molecule has 0 fully saturated rings. The van der Waals surface area contributed by atoms with E-state index < -0.39 is 0 Å². The van der Waals surface area contributed by atoms with E-state index in [2.05, 4.69) is 41.8 Å². The smallest absolute Gasteiger partial charge is 0.216 e. The number of pyridine rings is 1. The van der Waals surface area contributed by atoms with Crippen molar-refractivity contribution in [3.8, 4) is 33.5 Å². The molecule has 0 bridgehead atoms. The van der Waals surface area contributed by atoms with Crippen molar-refractivity contribution in [2.24, 2.45) is 7.05 Å². The van der Waals surface area contributed by atoms with Crippen molar-refractivity contribution in [3.63, 3.8) is 0 Å². The number of hydrogen-bond donors (Lipinski definition) is 0. The average molecular weight is 459 g/mol. The molecule has 0 unspecified atom stereocenters. The predicted molar refractivity (Wildman–Crippen MR) is 141 cm³/mol. The van der Waals surface area contributed by atoms with E-state index in [0.29, 0.717) is 16.7 Å². The highest BCUT2D eigenvalue weighted by atomic mass is 19.1. The third kappa shape index (κ3) is 3.43. The normalized spacial score (nSPS) is 11.4. The maximum absolute atomic E-state index is 15.7. The molecule has 0 aliphatic heterocycles. The van der Waals surface area contributed by atoms with E-state index in [1.165, 1.54) is 0 Å². The van der Waals surface area contributed by atoms with Gasteiger partial charge < -0.3 is 4.42 Å². The highest BCUT2D eigenvalue weighted by molar-refractivity contribution is 6.13. The van der Waals surface area contributed by atoms with Gasteiger partial charge in [0.1, 0.15) is 24.0 Å². The van der Waals surface area contributed by atoms with Gasteiger partial charge in [-0.1, -0.05) is 66.7 Å². The summed E-state index contributed by atoms with van der Waals surface area (Å²) in [4.78, 5) is 0. The molecule has 2 heterocycles. The van der Waals surface area contributed by atoms with E-state index >= 15 is 4.39 Å². The van der Waals surface area contributed by atoms with E-state index in [-0.39, 0.29) is 5.82 Å². The largest absolute Gasteiger partial charge is 0.454 e. The molecule has 2 nitrogen and oxygen atoms in total. The van der Waals surface area contributed by atoms with Crippen LogP contribution in [0, 0.1) is 19.7 Å². The summed E-state index contributed by atoms with van der Waals surface area (Å²) in [5.41, 5.74) is 8.72. The number of nitrogens with zero attached hydrogens (tertiary/aromatic N) is 1. The van der Waals surface area contributed by atoms with Crippen molar-refractivity contribution in [2.45, 2.75) is 13.8 Å². The Labute approximate surface area is 203 Å². The minimum atomic E-state index is -0.243. The molecular weight excluding hydrogens is 433 g/mol. The van der Waals surface area contributed by atoms with Crippen molar-refractivity contribution in [1.82, 2.24) is 0 Å². The average Bonchev–Trinajstić information content (AvgIpc) is 3.24. The topological polar surface area (TPSA) is 17.0 Å². The zero-order valence-corrected chi connectivity index (χ0v) is 20.0. The molecule has 6 rings (SSSR count). The Hall–Kier alpha value is -4.24. The van der Waals surface area contributed by atoms with Crippen LogP contribution in [0.5, 0.6) is 0 Å². The Balaban J connectivity index is 1.62. The molecule has 0 spiro atoms. The number of aryl methyl sites for hydroxylation is 3. The van der Waals surface area contributed by atoms with Gasteiger partial charge in [-0.05, 0) is 53.8 Å². The fraction of sp³-hybridized carbons (Fsp3) is 0.0938. The monoisotopic (exact) mass is 458 g/mol. The van der Waals surface area contributed by atoms with Crippen LogP contribution in [0.25, 0.3) is 55.4 Å². The first-order valence-corrected chi connectivity index (χ1v) is 11.8. The van der Waals surface area contributed by atoms with Gasteiger partial charge in [-0.3, -0.25) is 0 Å². The molecule has 0 aliphatic carbocycles. The third-order valence-corrected chi connectivity index (χ3v) is 6.85. The molecule has 0 radical (unpaired) electrons. The lowest BCUT2D eigenvalue weighted by Crippen LogP contribution is -2.30. The second-order valence-corrected chi connectivity index (χ2v) is 9.14. The van der Waals surface area contributed by atoms with Crippen molar-refractivity contribution < 1.29 is 13.4 Å². The van der Waals surface area contributed by atoms with E-state index in [1.807, 2.05) is 80.8 Å². The Morgan fingerprint density at radius 1 is 0.629 bits per heavy atom. The maximum Gasteiger partial charge on any atom is 0.216 e. The highest BCUT2D eigenvalue weighted by Crippen LogP contribution is 2.42. The molecule has 35 heavy (non-hydrogen) atoms. The van der Waals surface area contributed by atoms with Gasteiger partial charge in [0.25, 0.3) is 0 Å². The third-order valence-electron chi connectivity index (χ3n) is 6.85. The summed E-state index contributed by atoms with van der Waals surface area (Å²) in [5.74, 6) is -0.243. The van der Waals surface area contributed by atoms with Gasteiger partial charge in [0.15, 0.2) is 6.20 Å². The van der Waals surface area contributed by atoms with Gasteiger partial charge in [0.05, 0.1) is 11.1 Å². The van der Waals surface area contributed by atoms with E-state index in [0.717, 1.165) is 49.9 Å². The van der Waals surface area contributed by atoms with E-state index in [1.54, 1.807) is 0 Å². The molecule has 4 aromatic carbocycles. The summed E-state index contributed by atoms with van der Waals surface area (Å²) in [7, 11) is 2.03. The van der Waals surface area contributed by atoms with Crippen LogP contribution >= 0.6 is 0 Å². The summed E-state index contributed by atoms with van der Waals surface area (Å²) < 4.78 is 24.3. The number of hydrogen-bond acceptors (Lipinski definition) is 1. The van der Waals surface area contributed by atoms with Gasteiger partial charge in [0.2, 0.25) is 5.69 Å². The van der Waals surface area contributed by atoms with Crippen LogP contribution in [-0.4, -0.2) is 0 Å². The van der Waals surface area contributed by atoms with Crippen molar-refractivity contribution in [1.29, 1.82) is 0 Å². The predicted octanol–water partition coefficient (Wildman–Crippen LogP) is 8.17. The first-order valence-electron chi connectivity index (χ1n) is 11.8. The van der Waals surface area contributed by atoms with Crippen molar-refractivity contribution in [2.75, 3.05) is 0 Å². The fourth-order valence-corrected chi connectivity index (χ4v) is 5.00. The Morgan fingerprint density at radius 3 is 2.03 bits per heavy atom. The molecule has 170 valence electrons. The lowest BCUT2D eigenvalue weighted by molar-refractivity contribution is -0.660. The Kier molecular flexibility index (Phi) is 5.00. The molecule has 6 aromatic rings. The minimum absolute atomic E-state index is 0.243. The lowest BCUT2D eigenvalue weighted by atomic mass is 9.95. The fourth-order valence-electron chi connectivity index (χ4n) is 5.00. The summed E-state index contributed by atoms with van der Waals surface area (Å²) in [6.45, 7) is 3.91. The van der Waals surface area contributed by atoms with Gasteiger partial charge in [-0.25, -0.2) is 8.96 Å². The first kappa shape index (κ1) is 21.3. The molecule has 0 amide bonds. The van der Waals surface area contributed by atoms with E-state index in [4.69, 9.17) is 4.42 Å². The number of halogens is 1. The molecule has 2 aromatic heterocycles. The van der Waals surface area contributed by atoms with Gasteiger partial charge >= 0.3 is 0 Å². The molecule has 0 aliphatic rings. The number of furan rings is 1. The van der Waals surface area contributed by atoms with E-state index in [9.17, 15) is 0 Å². The van der Waals surface area contributed by atoms with Crippen LogP contribution in [0.3, 0.4) is 0 Å². The van der Waals surface area contributed by atoms with Gasteiger partial charge in [-0.2, -0.15) is 0 Å². The zero-order chi connectivity index (χ0) is 24.1. The van der Waals surface area contributed by atoms with Crippen LogP contribution in [0.4, 0.5) is 4.39 Å². The van der Waals surface area contributed by atoms with Gasteiger partial charge in [0, 0.05) is 22.9 Å². The Morgan fingerprint density at radius 2 is 1.29 bits per heavy atom. The summed E-state index contributed by atoms with van der Waals surface area (Å²) in [6.07, 6.45) is 2.03. The maximum atomic E-state index is 15.7. The summed E-state index contributed by atoms with van der Waals surface area (Å²) >= 11 is 0. The number of benzene rings is 4. The number of aromatic nitrogens is 1. The highest BCUT2D eigenvalue weighted by Gasteiger charge is 2.24. The standard InChI is InChI=1S/C32H25FNO/c1-20-12-17-25-26-19-21(2)30(33)29(24-15-13-23(14-16-24)22-9-5-4-6-10-22)32(26)35-31(25)28(20)27-11-7-8-18-34(27)3/h4-19H,1-3H3/q+1. The van der Waals surface area contributed by atoms with Crippen LogP contribution in [0.1, 0.15) is 11.1 Å².